The van der Waals surface area contributed by atoms with Gasteiger partial charge in [0.25, 0.3) is 0 Å². The van der Waals surface area contributed by atoms with Crippen LogP contribution < -0.4 is 0 Å². The highest BCUT2D eigenvalue weighted by Gasteiger charge is 2.42. The van der Waals surface area contributed by atoms with Gasteiger partial charge in [-0.05, 0) is 29.9 Å². The standard InChI is InChI=1S/C22H25NO4/c1-27-22(26)19-14-16(12-13-24)15-23(19)21(25)20(17-8-4-2-5-9-17)18-10-6-3-7-11-18/h2-11,16,19-20,24H,12-15H2,1H3/t16-,19-/m0/s1. The minimum atomic E-state index is -0.603. The molecule has 1 fully saturated rings. The number of benzene rings is 2. The summed E-state index contributed by atoms with van der Waals surface area (Å²) in [5.74, 6) is -0.894. The van der Waals surface area contributed by atoms with Crippen molar-refractivity contribution in [1.29, 1.82) is 0 Å². The number of methoxy groups -OCH3 is 1. The number of esters is 1. The molecule has 0 unspecified atom stereocenters. The fourth-order valence-corrected chi connectivity index (χ4v) is 3.85. The predicted molar refractivity (Wildman–Crippen MR) is 102 cm³/mol. The van der Waals surface area contributed by atoms with Crippen LogP contribution in [-0.4, -0.2) is 48.2 Å². The third-order valence-electron chi connectivity index (χ3n) is 5.19. The van der Waals surface area contributed by atoms with E-state index in [1.807, 2.05) is 60.7 Å². The third kappa shape index (κ3) is 4.19. The summed E-state index contributed by atoms with van der Waals surface area (Å²) in [6, 6.07) is 18.6. The second kappa shape index (κ2) is 8.82. The molecule has 1 saturated heterocycles. The van der Waals surface area contributed by atoms with E-state index in [2.05, 4.69) is 0 Å². The number of aliphatic hydroxyl groups excluding tert-OH is 1. The molecule has 1 aliphatic rings. The highest BCUT2D eigenvalue weighted by Crippen LogP contribution is 2.33. The van der Waals surface area contributed by atoms with Gasteiger partial charge >= 0.3 is 5.97 Å². The first-order valence-electron chi connectivity index (χ1n) is 9.24. The number of nitrogens with zero attached hydrogens (tertiary/aromatic N) is 1. The fourth-order valence-electron chi connectivity index (χ4n) is 3.85. The van der Waals surface area contributed by atoms with Crippen molar-refractivity contribution in [2.45, 2.75) is 24.8 Å². The van der Waals surface area contributed by atoms with Crippen molar-refractivity contribution in [2.24, 2.45) is 5.92 Å². The molecule has 0 aromatic heterocycles. The minimum absolute atomic E-state index is 0.0430. The molecule has 0 bridgehead atoms. The minimum Gasteiger partial charge on any atom is -0.467 e. The Labute approximate surface area is 159 Å². The average Bonchev–Trinajstić information content (AvgIpc) is 3.13. The molecule has 0 aliphatic carbocycles. The van der Waals surface area contributed by atoms with E-state index in [-0.39, 0.29) is 18.4 Å². The van der Waals surface area contributed by atoms with Crippen molar-refractivity contribution in [2.75, 3.05) is 20.3 Å². The second-order valence-electron chi connectivity index (χ2n) is 6.90. The van der Waals surface area contributed by atoms with Crippen molar-refractivity contribution in [3.05, 3.63) is 71.8 Å². The van der Waals surface area contributed by atoms with Gasteiger partial charge in [-0.2, -0.15) is 0 Å². The van der Waals surface area contributed by atoms with E-state index < -0.39 is 17.9 Å². The van der Waals surface area contributed by atoms with Gasteiger partial charge in [-0.15, -0.1) is 0 Å². The maximum Gasteiger partial charge on any atom is 0.328 e. The van der Waals surface area contributed by atoms with Crippen LogP contribution in [0.3, 0.4) is 0 Å². The zero-order valence-electron chi connectivity index (χ0n) is 15.5. The van der Waals surface area contributed by atoms with E-state index in [1.165, 1.54) is 7.11 Å². The quantitative estimate of drug-likeness (QED) is 0.797. The molecule has 1 heterocycles. The number of rotatable bonds is 6. The van der Waals surface area contributed by atoms with Crippen LogP contribution in [0, 0.1) is 5.92 Å². The van der Waals surface area contributed by atoms with Crippen LogP contribution >= 0.6 is 0 Å². The van der Waals surface area contributed by atoms with Crippen LogP contribution in [0.2, 0.25) is 0 Å². The maximum atomic E-state index is 13.6. The molecule has 3 rings (SSSR count). The highest BCUT2D eigenvalue weighted by molar-refractivity contribution is 5.91. The van der Waals surface area contributed by atoms with Crippen LogP contribution in [0.25, 0.3) is 0 Å². The summed E-state index contributed by atoms with van der Waals surface area (Å²) < 4.78 is 4.94. The number of hydrogen-bond donors (Lipinski definition) is 1. The van der Waals surface area contributed by atoms with Gasteiger partial charge in [-0.3, -0.25) is 4.79 Å². The molecule has 5 nitrogen and oxygen atoms in total. The Balaban J connectivity index is 1.96. The van der Waals surface area contributed by atoms with Gasteiger partial charge in [0.2, 0.25) is 5.91 Å². The lowest BCUT2D eigenvalue weighted by molar-refractivity contribution is -0.151. The second-order valence-corrected chi connectivity index (χ2v) is 6.90. The molecule has 1 aliphatic heterocycles. The van der Waals surface area contributed by atoms with Gasteiger partial charge in [0.05, 0.1) is 13.0 Å². The summed E-state index contributed by atoms with van der Waals surface area (Å²) in [5.41, 5.74) is 1.78. The summed E-state index contributed by atoms with van der Waals surface area (Å²) in [5, 5.41) is 9.28. The van der Waals surface area contributed by atoms with Crippen molar-refractivity contribution >= 4 is 11.9 Å². The predicted octanol–water partition coefficient (Wildman–Crippen LogP) is 2.59. The number of carbonyl (C=O) groups is 2. The van der Waals surface area contributed by atoms with E-state index in [9.17, 15) is 14.7 Å². The normalized spacial score (nSPS) is 19.3. The monoisotopic (exact) mass is 367 g/mol. The van der Waals surface area contributed by atoms with Crippen LogP contribution in [-0.2, 0) is 14.3 Å². The van der Waals surface area contributed by atoms with E-state index in [4.69, 9.17) is 4.74 Å². The number of carbonyl (C=O) groups excluding carboxylic acids is 2. The lowest BCUT2D eigenvalue weighted by Crippen LogP contribution is -2.43. The molecule has 2 atom stereocenters. The summed E-state index contributed by atoms with van der Waals surface area (Å²) in [6.07, 6.45) is 1.09. The highest BCUT2D eigenvalue weighted by atomic mass is 16.5. The largest absolute Gasteiger partial charge is 0.467 e. The van der Waals surface area contributed by atoms with Gasteiger partial charge in [0.15, 0.2) is 0 Å². The Bertz CT molecular complexity index is 723. The SMILES string of the molecule is COC(=O)[C@@H]1C[C@H](CCO)CN1C(=O)C(c1ccccc1)c1ccccc1. The topological polar surface area (TPSA) is 66.8 Å². The number of aliphatic hydroxyl groups is 1. The molecule has 2 aromatic rings. The average molecular weight is 367 g/mol. The Hall–Kier alpha value is -2.66. The molecule has 0 saturated carbocycles. The molecular weight excluding hydrogens is 342 g/mol. The van der Waals surface area contributed by atoms with Gasteiger partial charge in [-0.1, -0.05) is 60.7 Å². The number of hydrogen-bond acceptors (Lipinski definition) is 4. The molecule has 0 spiro atoms. The maximum absolute atomic E-state index is 13.6. The number of likely N-dealkylation sites (tertiary alicyclic amines) is 1. The summed E-state index contributed by atoms with van der Waals surface area (Å²) in [7, 11) is 1.34. The first-order valence-corrected chi connectivity index (χ1v) is 9.24. The molecule has 1 N–H and O–H groups in total. The van der Waals surface area contributed by atoms with Gasteiger partial charge < -0.3 is 14.7 Å². The van der Waals surface area contributed by atoms with Crippen LogP contribution in [0.1, 0.15) is 29.9 Å². The molecule has 2 aromatic carbocycles. The Kier molecular flexibility index (Phi) is 6.24. The van der Waals surface area contributed by atoms with E-state index in [0.29, 0.717) is 19.4 Å². The van der Waals surface area contributed by atoms with Crippen molar-refractivity contribution < 1.29 is 19.4 Å². The number of ether oxygens (including phenoxy) is 1. The van der Waals surface area contributed by atoms with E-state index >= 15 is 0 Å². The third-order valence-corrected chi connectivity index (χ3v) is 5.19. The fraction of sp³-hybridized carbons (Fsp3) is 0.364. The Morgan fingerprint density at radius 3 is 2.11 bits per heavy atom. The molecule has 142 valence electrons. The Morgan fingerprint density at radius 1 is 1.07 bits per heavy atom. The van der Waals surface area contributed by atoms with E-state index in [0.717, 1.165) is 11.1 Å². The molecular formula is C22H25NO4. The molecule has 27 heavy (non-hydrogen) atoms. The first-order chi connectivity index (χ1) is 13.2. The van der Waals surface area contributed by atoms with Gasteiger partial charge in [0.1, 0.15) is 6.04 Å². The lowest BCUT2D eigenvalue weighted by atomic mass is 9.90. The zero-order valence-corrected chi connectivity index (χ0v) is 15.5. The first kappa shape index (κ1) is 19.1. The van der Waals surface area contributed by atoms with Crippen LogP contribution in [0.15, 0.2) is 60.7 Å². The Morgan fingerprint density at radius 2 is 1.63 bits per heavy atom. The van der Waals surface area contributed by atoms with Crippen molar-refractivity contribution in [3.63, 3.8) is 0 Å². The summed E-state index contributed by atoms with van der Waals surface area (Å²) in [4.78, 5) is 27.5. The van der Waals surface area contributed by atoms with Crippen molar-refractivity contribution in [3.8, 4) is 0 Å². The van der Waals surface area contributed by atoms with Crippen LogP contribution in [0.4, 0.5) is 0 Å². The summed E-state index contributed by atoms with van der Waals surface area (Å²) in [6.45, 7) is 0.497. The molecule has 1 amide bonds. The van der Waals surface area contributed by atoms with E-state index in [1.54, 1.807) is 4.90 Å². The zero-order chi connectivity index (χ0) is 19.2. The smallest absolute Gasteiger partial charge is 0.328 e. The lowest BCUT2D eigenvalue weighted by Gasteiger charge is -2.28. The van der Waals surface area contributed by atoms with Crippen LogP contribution in [0.5, 0.6) is 0 Å². The van der Waals surface area contributed by atoms with Gasteiger partial charge in [-0.25, -0.2) is 4.79 Å². The molecule has 0 radical (unpaired) electrons. The molecule has 5 heteroatoms. The number of amides is 1. The summed E-state index contributed by atoms with van der Waals surface area (Å²) >= 11 is 0. The van der Waals surface area contributed by atoms with Crippen molar-refractivity contribution in [1.82, 2.24) is 4.90 Å². The van der Waals surface area contributed by atoms with Gasteiger partial charge in [0, 0.05) is 13.2 Å².